The van der Waals surface area contributed by atoms with Crippen molar-refractivity contribution in [1.82, 2.24) is 5.32 Å². The summed E-state index contributed by atoms with van der Waals surface area (Å²) in [6.45, 7) is 1.17. The number of para-hydroxylation sites is 1. The molecule has 1 heterocycles. The monoisotopic (exact) mass is 351 g/mol. The molecule has 1 aromatic carbocycles. The highest BCUT2D eigenvalue weighted by atomic mass is 32.2. The van der Waals surface area contributed by atoms with Gasteiger partial charge in [0.15, 0.2) is 9.84 Å². The number of anilines is 1. The van der Waals surface area contributed by atoms with Crippen molar-refractivity contribution in [3.63, 3.8) is 0 Å². The smallest absolute Gasteiger partial charge is 0.407 e. The number of hydrogen-bond acceptors (Lipinski definition) is 6. The second kappa shape index (κ2) is 8.55. The number of alkyl carbamates (subject to hydrolysis) is 1. The maximum atomic E-state index is 11.7. The molecule has 0 bridgehead atoms. The first-order valence-corrected chi connectivity index (χ1v) is 9.63. The van der Waals surface area contributed by atoms with E-state index in [1.54, 1.807) is 0 Å². The van der Waals surface area contributed by atoms with Crippen molar-refractivity contribution in [2.45, 2.75) is 18.9 Å². The van der Waals surface area contributed by atoms with Crippen LogP contribution in [-0.2, 0) is 14.6 Å². The van der Waals surface area contributed by atoms with Crippen LogP contribution in [-0.4, -0.2) is 51.8 Å². The number of carbonyl (C=O) groups is 1. The van der Waals surface area contributed by atoms with Crippen LogP contribution in [0.3, 0.4) is 0 Å². The summed E-state index contributed by atoms with van der Waals surface area (Å²) in [6.07, 6.45) is 0.196. The van der Waals surface area contributed by atoms with Gasteiger partial charge in [0.25, 0.3) is 0 Å². The molecule has 1 aliphatic heterocycles. The number of hydrogen-bond donors (Lipinski definition) is 1. The fraction of sp³-hybridized carbons (Fsp3) is 0.500. The third-order valence-electron chi connectivity index (χ3n) is 3.76. The van der Waals surface area contributed by atoms with E-state index in [0.29, 0.717) is 25.9 Å². The summed E-state index contributed by atoms with van der Waals surface area (Å²) in [5.74, 6) is 0.0777. The lowest BCUT2D eigenvalue weighted by atomic mass is 10.2. The predicted molar refractivity (Wildman–Crippen MR) is 90.4 cm³/mol. The van der Waals surface area contributed by atoms with Gasteiger partial charge in [-0.25, -0.2) is 13.2 Å². The number of carbonyl (C=O) groups excluding carboxylic acids is 1. The minimum atomic E-state index is -3.03. The largest absolute Gasteiger partial charge is 0.448 e. The third-order valence-corrected chi connectivity index (χ3v) is 5.53. The maximum Gasteiger partial charge on any atom is 0.407 e. The van der Waals surface area contributed by atoms with Crippen LogP contribution in [0, 0.1) is 11.3 Å². The molecule has 0 saturated carbocycles. The molecule has 0 spiro atoms. The van der Waals surface area contributed by atoms with Crippen molar-refractivity contribution < 1.29 is 17.9 Å². The van der Waals surface area contributed by atoms with Crippen LogP contribution in [0.1, 0.15) is 12.8 Å². The Bertz CT molecular complexity index is 685. The summed E-state index contributed by atoms with van der Waals surface area (Å²) in [5.41, 5.74) is 0.957. The van der Waals surface area contributed by atoms with E-state index in [-0.39, 0.29) is 24.2 Å². The minimum Gasteiger partial charge on any atom is -0.448 e. The number of nitrogens with zero attached hydrogens (tertiary/aromatic N) is 2. The van der Waals surface area contributed by atoms with Gasteiger partial charge in [-0.1, -0.05) is 18.2 Å². The molecular weight excluding hydrogens is 330 g/mol. The molecule has 1 fully saturated rings. The molecule has 24 heavy (non-hydrogen) atoms. The fourth-order valence-corrected chi connectivity index (χ4v) is 4.23. The number of ether oxygens (including phenoxy) is 1. The molecule has 1 aromatic rings. The predicted octanol–water partition coefficient (Wildman–Crippen LogP) is 1.32. The Morgan fingerprint density at radius 1 is 1.33 bits per heavy atom. The van der Waals surface area contributed by atoms with Gasteiger partial charge in [-0.05, 0) is 18.6 Å². The Morgan fingerprint density at radius 3 is 2.71 bits per heavy atom. The second-order valence-corrected chi connectivity index (χ2v) is 7.84. The Morgan fingerprint density at radius 2 is 2.08 bits per heavy atom. The molecule has 1 saturated heterocycles. The van der Waals surface area contributed by atoms with E-state index in [2.05, 4.69) is 11.4 Å². The third kappa shape index (κ3) is 5.74. The van der Waals surface area contributed by atoms with Crippen molar-refractivity contribution in [3.8, 4) is 6.07 Å². The summed E-state index contributed by atoms with van der Waals surface area (Å²) in [4.78, 5) is 13.7. The number of sulfone groups is 1. The normalized spacial score (nSPS) is 18.5. The van der Waals surface area contributed by atoms with E-state index >= 15 is 0 Å². The molecule has 0 aromatic heterocycles. The van der Waals surface area contributed by atoms with Crippen LogP contribution < -0.4 is 10.2 Å². The van der Waals surface area contributed by atoms with Crippen LogP contribution in [0.2, 0.25) is 0 Å². The van der Waals surface area contributed by atoms with E-state index in [0.717, 1.165) is 5.69 Å². The first-order valence-electron chi connectivity index (χ1n) is 7.81. The Kier molecular flexibility index (Phi) is 6.44. The lowest BCUT2D eigenvalue weighted by Gasteiger charge is -2.23. The van der Waals surface area contributed by atoms with Crippen LogP contribution >= 0.6 is 0 Å². The zero-order chi connectivity index (χ0) is 17.4. The summed E-state index contributed by atoms with van der Waals surface area (Å²) >= 11 is 0. The van der Waals surface area contributed by atoms with E-state index in [1.165, 1.54) is 0 Å². The minimum absolute atomic E-state index is 0.0274. The Hall–Kier alpha value is -2.27. The SMILES string of the molecule is N#CCCN(CCOC(=O)N[C@@H]1CCS(=O)(=O)C1)c1ccccc1. The molecular formula is C16H21N3O4S. The zero-order valence-electron chi connectivity index (χ0n) is 13.3. The summed E-state index contributed by atoms with van der Waals surface area (Å²) in [7, 11) is -3.03. The highest BCUT2D eigenvalue weighted by Gasteiger charge is 2.29. The van der Waals surface area contributed by atoms with Gasteiger partial charge in [-0.15, -0.1) is 0 Å². The highest BCUT2D eigenvalue weighted by molar-refractivity contribution is 7.91. The van der Waals surface area contributed by atoms with Crippen LogP contribution in [0.5, 0.6) is 0 Å². The van der Waals surface area contributed by atoms with Gasteiger partial charge in [0, 0.05) is 18.3 Å². The van der Waals surface area contributed by atoms with E-state index < -0.39 is 15.9 Å². The summed E-state index contributed by atoms with van der Waals surface area (Å²) in [6, 6.07) is 11.3. The lowest BCUT2D eigenvalue weighted by molar-refractivity contribution is 0.145. The van der Waals surface area contributed by atoms with Crippen molar-refractivity contribution in [1.29, 1.82) is 5.26 Å². The van der Waals surface area contributed by atoms with Gasteiger partial charge in [0.2, 0.25) is 0 Å². The van der Waals surface area contributed by atoms with Gasteiger partial charge < -0.3 is 15.0 Å². The Labute approximate surface area is 142 Å². The molecule has 2 rings (SSSR count). The molecule has 0 aliphatic carbocycles. The van der Waals surface area contributed by atoms with E-state index in [1.807, 2.05) is 35.2 Å². The highest BCUT2D eigenvalue weighted by Crippen LogP contribution is 2.13. The van der Waals surface area contributed by atoms with Crippen molar-refractivity contribution in [2.24, 2.45) is 0 Å². The molecule has 1 aliphatic rings. The second-order valence-electron chi connectivity index (χ2n) is 5.61. The van der Waals surface area contributed by atoms with Gasteiger partial charge >= 0.3 is 6.09 Å². The van der Waals surface area contributed by atoms with Gasteiger partial charge in [0.1, 0.15) is 6.61 Å². The maximum absolute atomic E-state index is 11.7. The molecule has 1 atom stereocenters. The van der Waals surface area contributed by atoms with Gasteiger partial charge in [-0.2, -0.15) is 5.26 Å². The number of amides is 1. The topological polar surface area (TPSA) is 99.5 Å². The van der Waals surface area contributed by atoms with Gasteiger partial charge in [-0.3, -0.25) is 0 Å². The number of benzene rings is 1. The molecule has 0 radical (unpaired) electrons. The average Bonchev–Trinajstić information content (AvgIpc) is 2.90. The van der Waals surface area contributed by atoms with Crippen LogP contribution in [0.4, 0.5) is 10.5 Å². The molecule has 7 nitrogen and oxygen atoms in total. The van der Waals surface area contributed by atoms with Crippen molar-refractivity contribution in [3.05, 3.63) is 30.3 Å². The first kappa shape index (κ1) is 18.1. The summed E-state index contributed by atoms with van der Waals surface area (Å²) in [5, 5.41) is 11.3. The standard InChI is InChI=1S/C16H21N3O4S/c17-8-4-9-19(15-5-2-1-3-6-15)10-11-23-16(20)18-14-7-12-24(21,22)13-14/h1-3,5-6,14H,4,7,9-13H2,(H,18,20)/t14-/m1/s1. The zero-order valence-corrected chi connectivity index (χ0v) is 14.2. The quantitative estimate of drug-likeness (QED) is 0.795. The lowest BCUT2D eigenvalue weighted by Crippen LogP contribution is -2.37. The molecule has 0 unspecified atom stereocenters. The molecule has 130 valence electrons. The fourth-order valence-electron chi connectivity index (χ4n) is 2.56. The van der Waals surface area contributed by atoms with Crippen LogP contribution in [0.15, 0.2) is 30.3 Å². The number of nitrogens with one attached hydrogen (secondary N) is 1. The van der Waals surface area contributed by atoms with Gasteiger partial charge in [0.05, 0.1) is 30.5 Å². The molecule has 1 amide bonds. The molecule has 1 N–H and O–H groups in total. The summed E-state index contributed by atoms with van der Waals surface area (Å²) < 4.78 is 27.9. The average molecular weight is 351 g/mol. The van der Waals surface area contributed by atoms with E-state index in [4.69, 9.17) is 10.00 Å². The first-order chi connectivity index (χ1) is 11.5. The molecule has 8 heteroatoms. The van der Waals surface area contributed by atoms with E-state index in [9.17, 15) is 13.2 Å². The number of nitriles is 1. The number of rotatable bonds is 7. The van der Waals surface area contributed by atoms with Crippen molar-refractivity contribution >= 4 is 21.6 Å². The van der Waals surface area contributed by atoms with Crippen molar-refractivity contribution in [2.75, 3.05) is 36.1 Å². The Balaban J connectivity index is 1.78. The van der Waals surface area contributed by atoms with Crippen LogP contribution in [0.25, 0.3) is 0 Å².